The summed E-state index contributed by atoms with van der Waals surface area (Å²) in [5.41, 5.74) is 1.06. The van der Waals surface area contributed by atoms with Crippen molar-refractivity contribution in [3.63, 3.8) is 0 Å². The molecule has 1 amide bonds. The summed E-state index contributed by atoms with van der Waals surface area (Å²) in [7, 11) is 0. The lowest BCUT2D eigenvalue weighted by atomic mass is 10.00. The van der Waals surface area contributed by atoms with E-state index in [4.69, 9.17) is 0 Å². The molecule has 2 heterocycles. The number of amides is 1. The quantitative estimate of drug-likeness (QED) is 0.907. The van der Waals surface area contributed by atoms with Gasteiger partial charge < -0.3 is 10.2 Å². The van der Waals surface area contributed by atoms with Gasteiger partial charge in [0.2, 0.25) is 0 Å². The van der Waals surface area contributed by atoms with Gasteiger partial charge in [-0.05, 0) is 36.8 Å². The van der Waals surface area contributed by atoms with E-state index in [1.165, 1.54) is 12.4 Å². The van der Waals surface area contributed by atoms with E-state index in [2.05, 4.69) is 22.2 Å². The second-order valence-electron chi connectivity index (χ2n) is 6.56. The number of benzene rings is 1. The zero-order valence-electron chi connectivity index (χ0n) is 14.4. The van der Waals surface area contributed by atoms with Crippen LogP contribution < -0.4 is 5.32 Å². The van der Waals surface area contributed by atoms with Crippen molar-refractivity contribution in [2.24, 2.45) is 5.92 Å². The Labute approximate surface area is 147 Å². The largest absolute Gasteiger partial charge is 0.370 e. The molecule has 1 aromatic carbocycles. The van der Waals surface area contributed by atoms with E-state index in [-0.39, 0.29) is 11.7 Å². The fourth-order valence-corrected chi connectivity index (χ4v) is 3.13. The molecule has 0 spiro atoms. The van der Waals surface area contributed by atoms with Crippen LogP contribution in [0.1, 0.15) is 35.8 Å². The Hall–Kier alpha value is -2.50. The standard InChI is InChI=1S/C19H23FN4O/c1-14-5-4-10-24(12-14)19(25)17-11-18(23-13-22-17)21-9-8-15-6-2-3-7-16(15)20/h2-3,6-7,11,13-14H,4-5,8-10,12H2,1H3,(H,21,22,23). The highest BCUT2D eigenvalue weighted by molar-refractivity contribution is 5.93. The molecular weight excluding hydrogens is 319 g/mol. The predicted molar refractivity (Wildman–Crippen MR) is 94.9 cm³/mol. The summed E-state index contributed by atoms with van der Waals surface area (Å²) in [6.45, 7) is 4.25. The number of hydrogen-bond acceptors (Lipinski definition) is 4. The first-order valence-electron chi connectivity index (χ1n) is 8.72. The Morgan fingerprint density at radius 2 is 2.20 bits per heavy atom. The molecule has 1 N–H and O–H groups in total. The van der Waals surface area contributed by atoms with Crippen molar-refractivity contribution in [1.82, 2.24) is 14.9 Å². The number of rotatable bonds is 5. The molecule has 0 bridgehead atoms. The molecule has 0 radical (unpaired) electrons. The van der Waals surface area contributed by atoms with Crippen molar-refractivity contribution in [2.45, 2.75) is 26.2 Å². The van der Waals surface area contributed by atoms with Gasteiger partial charge in [0.1, 0.15) is 23.7 Å². The number of halogens is 1. The van der Waals surface area contributed by atoms with Crippen LogP contribution in [-0.4, -0.2) is 40.4 Å². The molecule has 1 atom stereocenters. The fraction of sp³-hybridized carbons (Fsp3) is 0.421. The topological polar surface area (TPSA) is 58.1 Å². The zero-order valence-corrected chi connectivity index (χ0v) is 14.4. The van der Waals surface area contributed by atoms with Crippen LogP contribution in [0.2, 0.25) is 0 Å². The summed E-state index contributed by atoms with van der Waals surface area (Å²) < 4.78 is 13.6. The minimum absolute atomic E-state index is 0.0499. The molecule has 25 heavy (non-hydrogen) atoms. The van der Waals surface area contributed by atoms with Gasteiger partial charge in [0.05, 0.1) is 0 Å². The van der Waals surface area contributed by atoms with Gasteiger partial charge in [0.15, 0.2) is 0 Å². The third-order valence-corrected chi connectivity index (χ3v) is 4.49. The Balaban J connectivity index is 1.59. The van der Waals surface area contributed by atoms with Crippen molar-refractivity contribution < 1.29 is 9.18 Å². The van der Waals surface area contributed by atoms with Gasteiger partial charge >= 0.3 is 0 Å². The second-order valence-corrected chi connectivity index (χ2v) is 6.56. The van der Waals surface area contributed by atoms with E-state index in [0.29, 0.717) is 36.0 Å². The van der Waals surface area contributed by atoms with E-state index < -0.39 is 0 Å². The number of nitrogens with zero attached hydrogens (tertiary/aromatic N) is 3. The number of piperidine rings is 1. The maximum Gasteiger partial charge on any atom is 0.272 e. The average molecular weight is 342 g/mol. The lowest BCUT2D eigenvalue weighted by molar-refractivity contribution is 0.0677. The highest BCUT2D eigenvalue weighted by atomic mass is 19.1. The Morgan fingerprint density at radius 1 is 1.36 bits per heavy atom. The third-order valence-electron chi connectivity index (χ3n) is 4.49. The van der Waals surface area contributed by atoms with Crippen molar-refractivity contribution >= 4 is 11.7 Å². The van der Waals surface area contributed by atoms with Gasteiger partial charge in [0.25, 0.3) is 5.91 Å². The molecular formula is C19H23FN4O. The second kappa shape index (κ2) is 8.05. The molecule has 2 aromatic rings. The maximum atomic E-state index is 13.6. The molecule has 132 valence electrons. The number of nitrogens with one attached hydrogen (secondary N) is 1. The van der Waals surface area contributed by atoms with Crippen LogP contribution in [-0.2, 0) is 6.42 Å². The van der Waals surface area contributed by atoms with E-state index in [0.717, 1.165) is 25.9 Å². The number of anilines is 1. The van der Waals surface area contributed by atoms with Gasteiger partial charge in [-0.15, -0.1) is 0 Å². The molecule has 1 fully saturated rings. The van der Waals surface area contributed by atoms with Gasteiger partial charge in [-0.1, -0.05) is 25.1 Å². The maximum absolute atomic E-state index is 13.6. The van der Waals surface area contributed by atoms with Crippen LogP contribution in [0.25, 0.3) is 0 Å². The van der Waals surface area contributed by atoms with Crippen molar-refractivity contribution in [3.05, 3.63) is 53.7 Å². The van der Waals surface area contributed by atoms with Gasteiger partial charge in [-0.3, -0.25) is 4.79 Å². The van der Waals surface area contributed by atoms with Crippen LogP contribution in [0, 0.1) is 11.7 Å². The van der Waals surface area contributed by atoms with Crippen LogP contribution in [0.5, 0.6) is 0 Å². The molecule has 1 aromatic heterocycles. The minimum Gasteiger partial charge on any atom is -0.370 e. The first-order chi connectivity index (χ1) is 12.1. The number of carbonyl (C=O) groups is 1. The van der Waals surface area contributed by atoms with Crippen LogP contribution in [0.3, 0.4) is 0 Å². The number of likely N-dealkylation sites (tertiary alicyclic amines) is 1. The lowest BCUT2D eigenvalue weighted by Gasteiger charge is -2.30. The SMILES string of the molecule is CC1CCCN(C(=O)c2cc(NCCc3ccccc3F)ncn2)C1. The first kappa shape index (κ1) is 17.3. The summed E-state index contributed by atoms with van der Waals surface area (Å²) in [4.78, 5) is 22.7. The van der Waals surface area contributed by atoms with Gasteiger partial charge in [0, 0.05) is 25.7 Å². The van der Waals surface area contributed by atoms with Crippen molar-refractivity contribution in [2.75, 3.05) is 25.0 Å². The monoisotopic (exact) mass is 342 g/mol. The highest BCUT2D eigenvalue weighted by Crippen LogP contribution is 2.18. The Morgan fingerprint density at radius 3 is 3.00 bits per heavy atom. The average Bonchev–Trinajstić information content (AvgIpc) is 2.63. The van der Waals surface area contributed by atoms with Crippen molar-refractivity contribution in [1.29, 1.82) is 0 Å². The highest BCUT2D eigenvalue weighted by Gasteiger charge is 2.23. The molecule has 1 aliphatic heterocycles. The van der Waals surface area contributed by atoms with Crippen molar-refractivity contribution in [3.8, 4) is 0 Å². The number of aromatic nitrogens is 2. The minimum atomic E-state index is -0.206. The fourth-order valence-electron chi connectivity index (χ4n) is 3.13. The van der Waals surface area contributed by atoms with E-state index in [1.807, 2.05) is 11.0 Å². The molecule has 0 saturated carbocycles. The lowest BCUT2D eigenvalue weighted by Crippen LogP contribution is -2.39. The predicted octanol–water partition coefficient (Wildman–Crippen LogP) is 3.14. The molecule has 0 aliphatic carbocycles. The van der Waals surface area contributed by atoms with E-state index in [9.17, 15) is 9.18 Å². The molecule has 1 aliphatic rings. The third kappa shape index (κ3) is 4.53. The van der Waals surface area contributed by atoms with Gasteiger partial charge in [-0.2, -0.15) is 0 Å². The molecule has 1 saturated heterocycles. The smallest absolute Gasteiger partial charge is 0.272 e. The molecule has 1 unspecified atom stereocenters. The van der Waals surface area contributed by atoms with E-state index >= 15 is 0 Å². The normalized spacial score (nSPS) is 17.4. The van der Waals surface area contributed by atoms with Gasteiger partial charge in [-0.25, -0.2) is 14.4 Å². The van der Waals surface area contributed by atoms with Crippen LogP contribution in [0.4, 0.5) is 10.2 Å². The Bertz CT molecular complexity index is 737. The summed E-state index contributed by atoms with van der Waals surface area (Å²) >= 11 is 0. The first-order valence-corrected chi connectivity index (χ1v) is 8.72. The number of hydrogen-bond donors (Lipinski definition) is 1. The van der Waals surface area contributed by atoms with Crippen LogP contribution >= 0.6 is 0 Å². The van der Waals surface area contributed by atoms with Crippen LogP contribution in [0.15, 0.2) is 36.7 Å². The molecule has 3 rings (SSSR count). The molecule has 6 heteroatoms. The Kier molecular flexibility index (Phi) is 5.58. The molecule has 5 nitrogen and oxygen atoms in total. The summed E-state index contributed by atoms with van der Waals surface area (Å²) in [5.74, 6) is 0.853. The number of carbonyl (C=O) groups excluding carboxylic acids is 1. The zero-order chi connectivity index (χ0) is 17.6. The summed E-state index contributed by atoms with van der Waals surface area (Å²) in [6.07, 6.45) is 4.14. The van der Waals surface area contributed by atoms with E-state index in [1.54, 1.807) is 18.2 Å². The summed E-state index contributed by atoms with van der Waals surface area (Å²) in [6, 6.07) is 8.39. The summed E-state index contributed by atoms with van der Waals surface area (Å²) in [5, 5.41) is 3.14.